The minimum absolute atomic E-state index is 0.363. The van der Waals surface area contributed by atoms with Crippen LogP contribution in [-0.2, 0) is 0 Å². The minimum atomic E-state index is 0.363. The Labute approximate surface area is 151 Å². The number of fused-ring (bicyclic) bond motifs is 3. The molecule has 0 radical (unpaired) electrons. The minimum Gasteiger partial charge on any atom is -0.338 e. The lowest BCUT2D eigenvalue weighted by Crippen LogP contribution is -2.03. The number of nitrogens with zero attached hydrogens (tertiary/aromatic N) is 4. The van der Waals surface area contributed by atoms with Crippen molar-refractivity contribution in [1.82, 2.24) is 20.2 Å². The molecule has 2 N–H and O–H groups in total. The van der Waals surface area contributed by atoms with Crippen molar-refractivity contribution in [2.45, 2.75) is 26.7 Å². The smallest absolute Gasteiger partial charge is 0.265 e. The van der Waals surface area contributed by atoms with Gasteiger partial charge in [-0.05, 0) is 30.0 Å². The van der Waals surface area contributed by atoms with Gasteiger partial charge in [0.15, 0.2) is 5.65 Å². The van der Waals surface area contributed by atoms with E-state index in [1.54, 1.807) is 0 Å². The molecule has 0 amide bonds. The highest BCUT2D eigenvalue weighted by Crippen LogP contribution is 2.21. The van der Waals surface area contributed by atoms with Crippen LogP contribution in [0.1, 0.15) is 37.8 Å². The number of hydrazone groups is 1. The largest absolute Gasteiger partial charge is 0.338 e. The molecule has 0 atom stereocenters. The number of hydrogen-bond donors (Lipinski definition) is 2. The Morgan fingerprint density at radius 2 is 1.81 bits per heavy atom. The van der Waals surface area contributed by atoms with Crippen molar-refractivity contribution in [3.8, 4) is 0 Å². The van der Waals surface area contributed by atoms with E-state index in [1.807, 2.05) is 31.2 Å². The first-order valence-corrected chi connectivity index (χ1v) is 8.63. The molecule has 4 aromatic rings. The quantitative estimate of drug-likeness (QED) is 0.423. The van der Waals surface area contributed by atoms with Crippen LogP contribution >= 0.6 is 0 Å². The molecule has 4 rings (SSSR count). The van der Waals surface area contributed by atoms with E-state index < -0.39 is 0 Å². The Morgan fingerprint density at radius 3 is 2.58 bits per heavy atom. The third-order valence-corrected chi connectivity index (χ3v) is 4.44. The maximum Gasteiger partial charge on any atom is 0.265 e. The van der Waals surface area contributed by atoms with E-state index in [0.717, 1.165) is 27.7 Å². The number of H-pyrrole nitrogens is 1. The molecule has 0 aliphatic carbocycles. The van der Waals surface area contributed by atoms with Crippen molar-refractivity contribution in [3.05, 3.63) is 59.7 Å². The van der Waals surface area contributed by atoms with Gasteiger partial charge in [-0.3, -0.25) is 0 Å². The van der Waals surface area contributed by atoms with E-state index in [4.69, 9.17) is 0 Å². The van der Waals surface area contributed by atoms with Crippen LogP contribution in [0.25, 0.3) is 22.1 Å². The lowest BCUT2D eigenvalue weighted by Gasteiger charge is -2.07. The highest BCUT2D eigenvalue weighted by Gasteiger charge is 2.08. The molecule has 0 bridgehead atoms. The fourth-order valence-electron chi connectivity index (χ4n) is 2.88. The van der Waals surface area contributed by atoms with E-state index in [-0.39, 0.29) is 0 Å². The highest BCUT2D eigenvalue weighted by atomic mass is 15.4. The van der Waals surface area contributed by atoms with Crippen molar-refractivity contribution >= 4 is 33.7 Å². The summed E-state index contributed by atoms with van der Waals surface area (Å²) in [6.07, 6.45) is 0. The van der Waals surface area contributed by atoms with Crippen LogP contribution < -0.4 is 5.43 Å². The van der Waals surface area contributed by atoms with Crippen molar-refractivity contribution in [2.24, 2.45) is 5.10 Å². The summed E-state index contributed by atoms with van der Waals surface area (Å²) in [4.78, 5) is 7.72. The second-order valence-corrected chi connectivity index (χ2v) is 6.59. The van der Waals surface area contributed by atoms with Gasteiger partial charge in [0.05, 0.1) is 5.71 Å². The molecule has 2 heterocycles. The number of para-hydroxylation sites is 1. The molecular formula is C20H20N6. The number of rotatable bonds is 4. The molecule has 0 fully saturated rings. The Balaban J connectivity index is 1.58. The predicted octanol–water partition coefficient (Wildman–Crippen LogP) is 4.47. The summed E-state index contributed by atoms with van der Waals surface area (Å²) in [5, 5.41) is 13.8. The number of nitrogens with one attached hydrogen (secondary N) is 2. The normalized spacial score (nSPS) is 12.2. The van der Waals surface area contributed by atoms with Gasteiger partial charge in [-0.25, -0.2) is 5.43 Å². The summed E-state index contributed by atoms with van der Waals surface area (Å²) < 4.78 is 0. The van der Waals surface area contributed by atoms with Crippen LogP contribution in [0.4, 0.5) is 5.95 Å². The van der Waals surface area contributed by atoms with Gasteiger partial charge in [-0.2, -0.15) is 10.1 Å². The van der Waals surface area contributed by atoms with Gasteiger partial charge in [-0.15, -0.1) is 10.2 Å². The van der Waals surface area contributed by atoms with Crippen molar-refractivity contribution in [2.75, 3.05) is 5.43 Å². The molecule has 2 aromatic heterocycles. The van der Waals surface area contributed by atoms with E-state index in [9.17, 15) is 0 Å². The third-order valence-electron chi connectivity index (χ3n) is 4.44. The second kappa shape index (κ2) is 6.55. The summed E-state index contributed by atoms with van der Waals surface area (Å²) in [5.74, 6) is 0.879. The summed E-state index contributed by atoms with van der Waals surface area (Å²) >= 11 is 0. The Bertz CT molecular complexity index is 1090. The number of hydrogen-bond acceptors (Lipinski definition) is 5. The topological polar surface area (TPSA) is 78.8 Å². The Hall–Kier alpha value is -3.28. The molecule has 0 aliphatic heterocycles. The van der Waals surface area contributed by atoms with Gasteiger partial charge < -0.3 is 4.98 Å². The maximum atomic E-state index is 4.47. The van der Waals surface area contributed by atoms with Crippen LogP contribution in [0.2, 0.25) is 0 Å². The Kier molecular flexibility index (Phi) is 4.08. The van der Waals surface area contributed by atoms with Crippen LogP contribution in [0.15, 0.2) is 53.6 Å². The SMILES string of the molecule is C/C(=N/Nc1nnc2c(n1)[nH]c1ccccc12)c1ccc(C(C)C)cc1. The van der Waals surface area contributed by atoms with E-state index >= 15 is 0 Å². The van der Waals surface area contributed by atoms with Gasteiger partial charge in [0.2, 0.25) is 0 Å². The molecule has 0 saturated carbocycles. The van der Waals surface area contributed by atoms with Crippen molar-refractivity contribution in [1.29, 1.82) is 0 Å². The standard InChI is InChI=1S/C20H20N6/c1-12(2)14-8-10-15(11-9-14)13(3)23-25-20-22-19-18(24-26-20)16-6-4-5-7-17(16)21-19/h4-12H,1-3H3,(H2,21,22,25,26)/b23-13-. The van der Waals surface area contributed by atoms with Gasteiger partial charge in [-0.1, -0.05) is 56.3 Å². The van der Waals surface area contributed by atoms with Gasteiger partial charge >= 0.3 is 0 Å². The van der Waals surface area contributed by atoms with Crippen LogP contribution in [-0.4, -0.2) is 25.9 Å². The van der Waals surface area contributed by atoms with Crippen LogP contribution in [0, 0.1) is 0 Å². The van der Waals surface area contributed by atoms with E-state index in [0.29, 0.717) is 17.5 Å². The van der Waals surface area contributed by atoms with E-state index in [1.165, 1.54) is 5.56 Å². The van der Waals surface area contributed by atoms with Crippen molar-refractivity contribution in [3.63, 3.8) is 0 Å². The fourth-order valence-corrected chi connectivity index (χ4v) is 2.88. The van der Waals surface area contributed by atoms with Crippen LogP contribution in [0.3, 0.4) is 0 Å². The van der Waals surface area contributed by atoms with Crippen LogP contribution in [0.5, 0.6) is 0 Å². The molecule has 0 unspecified atom stereocenters. The number of aromatic nitrogens is 4. The van der Waals surface area contributed by atoms with Gasteiger partial charge in [0.1, 0.15) is 5.52 Å². The fraction of sp³-hybridized carbons (Fsp3) is 0.200. The second-order valence-electron chi connectivity index (χ2n) is 6.59. The predicted molar refractivity (Wildman–Crippen MR) is 106 cm³/mol. The molecule has 0 aliphatic rings. The zero-order chi connectivity index (χ0) is 18.1. The average molecular weight is 344 g/mol. The zero-order valence-electron chi connectivity index (χ0n) is 15.0. The molecule has 0 saturated heterocycles. The first kappa shape index (κ1) is 16.2. The maximum absolute atomic E-state index is 4.47. The lowest BCUT2D eigenvalue weighted by molar-refractivity contribution is 0.866. The third kappa shape index (κ3) is 3.01. The van der Waals surface area contributed by atoms with E-state index in [2.05, 4.69) is 68.8 Å². The average Bonchev–Trinajstić information content (AvgIpc) is 3.04. The Morgan fingerprint density at radius 1 is 1.04 bits per heavy atom. The zero-order valence-corrected chi connectivity index (χ0v) is 15.0. The monoisotopic (exact) mass is 344 g/mol. The molecule has 6 heteroatoms. The number of anilines is 1. The molecule has 130 valence electrons. The first-order chi connectivity index (χ1) is 12.6. The summed E-state index contributed by atoms with van der Waals surface area (Å²) in [6, 6.07) is 16.4. The highest BCUT2D eigenvalue weighted by molar-refractivity contribution is 6.03. The van der Waals surface area contributed by atoms with Gasteiger partial charge in [0, 0.05) is 10.9 Å². The summed E-state index contributed by atoms with van der Waals surface area (Å²) in [6.45, 7) is 6.32. The number of benzene rings is 2. The molecular weight excluding hydrogens is 324 g/mol. The summed E-state index contributed by atoms with van der Waals surface area (Å²) in [5.41, 5.74) is 8.57. The van der Waals surface area contributed by atoms with Gasteiger partial charge in [0.25, 0.3) is 5.95 Å². The first-order valence-electron chi connectivity index (χ1n) is 8.63. The van der Waals surface area contributed by atoms with Crippen molar-refractivity contribution < 1.29 is 0 Å². The number of aromatic amines is 1. The summed E-state index contributed by atoms with van der Waals surface area (Å²) in [7, 11) is 0. The molecule has 0 spiro atoms. The molecule has 6 nitrogen and oxygen atoms in total. The lowest BCUT2D eigenvalue weighted by atomic mass is 10.0. The molecule has 26 heavy (non-hydrogen) atoms. The molecule has 2 aromatic carbocycles.